The van der Waals surface area contributed by atoms with Crippen molar-refractivity contribution in [3.63, 3.8) is 0 Å². The van der Waals surface area contributed by atoms with Gasteiger partial charge in [-0.25, -0.2) is 14.4 Å². The molecule has 1 saturated heterocycles. The summed E-state index contributed by atoms with van der Waals surface area (Å²) in [5.74, 6) is -2.09. The molecule has 0 aromatic rings. The summed E-state index contributed by atoms with van der Waals surface area (Å²) >= 11 is 0. The van der Waals surface area contributed by atoms with Gasteiger partial charge in [-0.2, -0.15) is 0 Å². The normalized spacial score (nSPS) is 33.4. The first-order valence-electron chi connectivity index (χ1n) is 8.11. The average molecular weight is 344 g/mol. The fourth-order valence-electron chi connectivity index (χ4n) is 3.33. The van der Waals surface area contributed by atoms with Gasteiger partial charge in [-0.3, -0.25) is 0 Å². The largest absolute Gasteiger partial charge is 0.458 e. The summed E-state index contributed by atoms with van der Waals surface area (Å²) in [5.41, 5.74) is 1.82. The predicted octanol–water partition coefficient (Wildman–Crippen LogP) is 2.16. The van der Waals surface area contributed by atoms with E-state index < -0.39 is 36.0 Å². The van der Waals surface area contributed by atoms with E-state index in [1.807, 2.05) is 13.0 Å². The lowest BCUT2D eigenvalue weighted by Gasteiger charge is -2.26. The van der Waals surface area contributed by atoms with Crippen molar-refractivity contribution >= 4 is 17.9 Å². The van der Waals surface area contributed by atoms with Gasteiger partial charge in [0.1, 0.15) is 18.3 Å². The molecule has 3 aliphatic rings. The first-order valence-corrected chi connectivity index (χ1v) is 8.11. The van der Waals surface area contributed by atoms with E-state index in [1.54, 1.807) is 6.08 Å². The standard InChI is InChI=1S/C19H20O6/c1-9(2)17(20)24-15-8-12-7-13(23-19(12)22)5-10(3)6-14-16(15)11(4)18(21)25-14/h6-7,13-16H,1,4-5,8H2,2-3H3/b10-6+/t13-,14-,15+,16+/m1/s1. The molecular formula is C19H20O6. The topological polar surface area (TPSA) is 78.9 Å². The Bertz CT molecular complexity index is 741. The molecule has 1 fully saturated rings. The molecule has 1 aliphatic carbocycles. The highest BCUT2D eigenvalue weighted by Gasteiger charge is 2.46. The first kappa shape index (κ1) is 17.2. The van der Waals surface area contributed by atoms with Crippen molar-refractivity contribution in [1.29, 1.82) is 0 Å². The van der Waals surface area contributed by atoms with Crippen LogP contribution in [0.2, 0.25) is 0 Å². The summed E-state index contributed by atoms with van der Waals surface area (Å²) in [7, 11) is 0. The maximum atomic E-state index is 12.1. The molecule has 2 bridgehead atoms. The van der Waals surface area contributed by atoms with Crippen molar-refractivity contribution in [1.82, 2.24) is 0 Å². The van der Waals surface area contributed by atoms with Crippen LogP contribution in [-0.2, 0) is 28.6 Å². The quantitative estimate of drug-likeness (QED) is 0.331. The molecule has 132 valence electrons. The van der Waals surface area contributed by atoms with Crippen LogP contribution in [0.5, 0.6) is 0 Å². The third kappa shape index (κ3) is 3.29. The molecule has 0 aromatic heterocycles. The molecule has 2 aliphatic heterocycles. The third-order valence-electron chi connectivity index (χ3n) is 4.57. The van der Waals surface area contributed by atoms with Crippen LogP contribution in [0.1, 0.15) is 26.7 Å². The fraction of sp³-hybridized carbons (Fsp3) is 0.421. The minimum Gasteiger partial charge on any atom is -0.458 e. The van der Waals surface area contributed by atoms with Gasteiger partial charge in [0.15, 0.2) is 0 Å². The maximum Gasteiger partial charge on any atom is 0.334 e. The van der Waals surface area contributed by atoms with Gasteiger partial charge in [0.2, 0.25) is 0 Å². The minimum atomic E-state index is -0.771. The molecule has 0 saturated carbocycles. The number of fused-ring (bicyclic) bond motifs is 2. The van der Waals surface area contributed by atoms with E-state index in [0.29, 0.717) is 12.0 Å². The summed E-state index contributed by atoms with van der Waals surface area (Å²) < 4.78 is 16.3. The third-order valence-corrected chi connectivity index (χ3v) is 4.57. The smallest absolute Gasteiger partial charge is 0.334 e. The van der Waals surface area contributed by atoms with Gasteiger partial charge in [0.25, 0.3) is 0 Å². The van der Waals surface area contributed by atoms with E-state index in [9.17, 15) is 14.4 Å². The second kappa shape index (κ2) is 6.35. The van der Waals surface area contributed by atoms with Crippen LogP contribution < -0.4 is 0 Å². The summed E-state index contributed by atoms with van der Waals surface area (Å²) in [6.07, 6.45) is 2.52. The highest BCUT2D eigenvalue weighted by atomic mass is 16.6. The number of carbonyl (C=O) groups excluding carboxylic acids is 3. The Hall–Kier alpha value is -2.63. The van der Waals surface area contributed by atoms with Crippen molar-refractivity contribution in [2.75, 3.05) is 0 Å². The predicted molar refractivity (Wildman–Crippen MR) is 88.2 cm³/mol. The molecule has 0 aromatic carbocycles. The second-order valence-corrected chi connectivity index (χ2v) is 6.70. The van der Waals surface area contributed by atoms with E-state index in [-0.39, 0.29) is 23.7 Å². The molecule has 6 heteroatoms. The zero-order valence-electron chi connectivity index (χ0n) is 14.2. The lowest BCUT2D eigenvalue weighted by atomic mass is 9.85. The maximum absolute atomic E-state index is 12.1. The highest BCUT2D eigenvalue weighted by molar-refractivity contribution is 5.93. The lowest BCUT2D eigenvalue weighted by Crippen LogP contribution is -2.34. The fourth-order valence-corrected chi connectivity index (χ4v) is 3.33. The molecule has 6 nitrogen and oxygen atoms in total. The Morgan fingerprint density at radius 2 is 1.92 bits per heavy atom. The Morgan fingerprint density at radius 3 is 2.60 bits per heavy atom. The number of hydrogen-bond acceptors (Lipinski definition) is 6. The SMILES string of the molecule is C=C(C)C(=O)O[C@H]1CC2=C[C@@H](C/C(C)=C/[C@H]3OC(=O)C(=C)[C@H]13)OC2=O. The number of esters is 3. The molecule has 0 radical (unpaired) electrons. The Kier molecular flexibility index (Phi) is 4.37. The molecule has 0 spiro atoms. The molecule has 2 heterocycles. The number of hydrogen-bond donors (Lipinski definition) is 0. The zero-order valence-corrected chi connectivity index (χ0v) is 14.2. The molecule has 3 rings (SSSR count). The van der Waals surface area contributed by atoms with Crippen molar-refractivity contribution < 1.29 is 28.6 Å². The summed E-state index contributed by atoms with van der Waals surface area (Å²) in [6.45, 7) is 10.8. The molecule has 4 atom stereocenters. The molecule has 25 heavy (non-hydrogen) atoms. The molecule has 0 unspecified atom stereocenters. The van der Waals surface area contributed by atoms with Gasteiger partial charge in [0.05, 0.1) is 5.92 Å². The average Bonchev–Trinajstić information content (AvgIpc) is 2.98. The summed E-state index contributed by atoms with van der Waals surface area (Å²) in [5, 5.41) is 0. The van der Waals surface area contributed by atoms with E-state index in [1.165, 1.54) is 6.92 Å². The van der Waals surface area contributed by atoms with Crippen molar-refractivity contribution in [3.05, 3.63) is 47.6 Å². The van der Waals surface area contributed by atoms with Crippen LogP contribution in [0.15, 0.2) is 47.6 Å². The van der Waals surface area contributed by atoms with Gasteiger partial charge >= 0.3 is 17.9 Å². The van der Waals surface area contributed by atoms with Gasteiger partial charge in [0, 0.05) is 29.6 Å². The van der Waals surface area contributed by atoms with Gasteiger partial charge in [-0.05, 0) is 26.0 Å². The van der Waals surface area contributed by atoms with Crippen LogP contribution in [0, 0.1) is 5.92 Å². The van der Waals surface area contributed by atoms with Crippen LogP contribution in [0.4, 0.5) is 0 Å². The molecule has 0 N–H and O–H groups in total. The van der Waals surface area contributed by atoms with Crippen LogP contribution in [-0.4, -0.2) is 36.2 Å². The lowest BCUT2D eigenvalue weighted by molar-refractivity contribution is -0.148. The summed E-state index contributed by atoms with van der Waals surface area (Å²) in [6, 6.07) is 0. The second-order valence-electron chi connectivity index (χ2n) is 6.70. The molecule has 0 amide bonds. The van der Waals surface area contributed by atoms with E-state index in [2.05, 4.69) is 13.2 Å². The highest BCUT2D eigenvalue weighted by Crippen LogP contribution is 2.38. The van der Waals surface area contributed by atoms with E-state index in [4.69, 9.17) is 14.2 Å². The minimum absolute atomic E-state index is 0.137. The van der Waals surface area contributed by atoms with Gasteiger partial charge < -0.3 is 14.2 Å². The Morgan fingerprint density at radius 1 is 1.20 bits per heavy atom. The van der Waals surface area contributed by atoms with Crippen molar-refractivity contribution in [2.45, 2.75) is 45.0 Å². The molecular weight excluding hydrogens is 324 g/mol. The summed E-state index contributed by atoms with van der Waals surface area (Å²) in [4.78, 5) is 36.2. The van der Waals surface area contributed by atoms with Gasteiger partial charge in [-0.15, -0.1) is 0 Å². The number of carbonyl (C=O) groups is 3. The number of rotatable bonds is 2. The monoisotopic (exact) mass is 344 g/mol. The van der Waals surface area contributed by atoms with Crippen LogP contribution in [0.25, 0.3) is 0 Å². The van der Waals surface area contributed by atoms with Crippen molar-refractivity contribution in [2.24, 2.45) is 5.92 Å². The van der Waals surface area contributed by atoms with Crippen LogP contribution >= 0.6 is 0 Å². The zero-order chi connectivity index (χ0) is 18.3. The Labute approximate surface area is 145 Å². The first-order chi connectivity index (χ1) is 11.8. The van der Waals surface area contributed by atoms with Crippen molar-refractivity contribution in [3.8, 4) is 0 Å². The Balaban J connectivity index is 2.01. The van der Waals surface area contributed by atoms with Crippen LogP contribution in [0.3, 0.4) is 0 Å². The number of ether oxygens (including phenoxy) is 3. The van der Waals surface area contributed by atoms with E-state index >= 15 is 0 Å². The van der Waals surface area contributed by atoms with E-state index in [0.717, 1.165) is 5.57 Å². The van der Waals surface area contributed by atoms with Gasteiger partial charge in [-0.1, -0.05) is 18.7 Å².